The Labute approximate surface area is 128 Å². The molecule has 0 aliphatic heterocycles. The number of rotatable bonds is 5. The van der Waals surface area contributed by atoms with E-state index in [1.54, 1.807) is 25.4 Å². The third-order valence-corrected chi connectivity index (χ3v) is 3.87. The van der Waals surface area contributed by atoms with E-state index in [0.717, 1.165) is 16.3 Å². The van der Waals surface area contributed by atoms with Gasteiger partial charge in [0.2, 0.25) is 0 Å². The van der Waals surface area contributed by atoms with Crippen LogP contribution in [-0.2, 0) is 0 Å². The van der Waals surface area contributed by atoms with E-state index in [4.69, 9.17) is 4.74 Å². The zero-order valence-electron chi connectivity index (χ0n) is 12.3. The van der Waals surface area contributed by atoms with Gasteiger partial charge < -0.3 is 10.1 Å². The minimum absolute atomic E-state index is 0.133. The standard InChI is InChI=1S/C16H18N2O2S/c1-11(12-7-4-5-9-14(12)20-2)18-15(19)13-8-6-10-17-16(13)21-3/h4-11H,1-3H3,(H,18,19). The summed E-state index contributed by atoms with van der Waals surface area (Å²) >= 11 is 1.46. The summed E-state index contributed by atoms with van der Waals surface area (Å²) < 4.78 is 5.33. The van der Waals surface area contributed by atoms with E-state index in [1.165, 1.54) is 11.8 Å². The Balaban J connectivity index is 2.19. The molecule has 1 heterocycles. The fourth-order valence-corrected chi connectivity index (χ4v) is 2.65. The third-order valence-electron chi connectivity index (χ3n) is 3.16. The number of ether oxygens (including phenoxy) is 1. The molecular formula is C16H18N2O2S. The second kappa shape index (κ2) is 7.13. The van der Waals surface area contributed by atoms with Crippen molar-refractivity contribution >= 4 is 17.7 Å². The Bertz CT molecular complexity index is 631. The van der Waals surface area contributed by atoms with E-state index in [-0.39, 0.29) is 11.9 Å². The van der Waals surface area contributed by atoms with Gasteiger partial charge >= 0.3 is 0 Å². The molecule has 1 atom stereocenters. The van der Waals surface area contributed by atoms with Crippen LogP contribution in [0.15, 0.2) is 47.6 Å². The average molecular weight is 302 g/mol. The Morgan fingerprint density at radius 1 is 1.29 bits per heavy atom. The van der Waals surface area contributed by atoms with E-state index in [1.807, 2.05) is 37.4 Å². The van der Waals surface area contributed by atoms with Gasteiger partial charge in [-0.1, -0.05) is 18.2 Å². The van der Waals surface area contributed by atoms with Crippen LogP contribution in [-0.4, -0.2) is 24.3 Å². The number of amides is 1. The summed E-state index contributed by atoms with van der Waals surface area (Å²) in [7, 11) is 1.63. The van der Waals surface area contributed by atoms with Crippen molar-refractivity contribution in [3.63, 3.8) is 0 Å². The van der Waals surface area contributed by atoms with Gasteiger partial charge in [-0.3, -0.25) is 4.79 Å². The largest absolute Gasteiger partial charge is 0.496 e. The number of thioether (sulfide) groups is 1. The van der Waals surface area contributed by atoms with E-state index in [0.29, 0.717) is 5.56 Å². The summed E-state index contributed by atoms with van der Waals surface area (Å²) in [5.74, 6) is 0.632. The summed E-state index contributed by atoms with van der Waals surface area (Å²) in [6.07, 6.45) is 3.59. The highest BCUT2D eigenvalue weighted by Crippen LogP contribution is 2.25. The van der Waals surface area contributed by atoms with Crippen LogP contribution in [0.25, 0.3) is 0 Å². The summed E-state index contributed by atoms with van der Waals surface area (Å²) in [6, 6.07) is 11.1. The van der Waals surface area contributed by atoms with E-state index in [9.17, 15) is 4.79 Å². The molecule has 0 aliphatic carbocycles. The summed E-state index contributed by atoms with van der Waals surface area (Å²) in [6.45, 7) is 1.94. The predicted octanol–water partition coefficient (Wildman–Crippen LogP) is 3.30. The van der Waals surface area contributed by atoms with Crippen LogP contribution in [0.4, 0.5) is 0 Å². The highest BCUT2D eigenvalue weighted by atomic mass is 32.2. The van der Waals surface area contributed by atoms with Crippen LogP contribution < -0.4 is 10.1 Å². The van der Waals surface area contributed by atoms with Crippen LogP contribution in [0.2, 0.25) is 0 Å². The van der Waals surface area contributed by atoms with Gasteiger partial charge in [0.05, 0.1) is 18.7 Å². The highest BCUT2D eigenvalue weighted by Gasteiger charge is 2.17. The van der Waals surface area contributed by atoms with Gasteiger partial charge in [-0.05, 0) is 31.4 Å². The molecule has 5 heteroatoms. The lowest BCUT2D eigenvalue weighted by atomic mass is 10.1. The maximum atomic E-state index is 12.4. The second-order valence-electron chi connectivity index (χ2n) is 4.50. The lowest BCUT2D eigenvalue weighted by Crippen LogP contribution is -2.27. The van der Waals surface area contributed by atoms with Crippen LogP contribution in [0.5, 0.6) is 5.75 Å². The molecule has 2 rings (SSSR count). The molecule has 1 amide bonds. The van der Waals surface area contributed by atoms with Gasteiger partial charge in [-0.15, -0.1) is 11.8 Å². The molecule has 0 saturated heterocycles. The van der Waals surface area contributed by atoms with Crippen molar-refractivity contribution in [2.24, 2.45) is 0 Å². The van der Waals surface area contributed by atoms with Crippen LogP contribution >= 0.6 is 11.8 Å². The minimum Gasteiger partial charge on any atom is -0.496 e. The Hall–Kier alpha value is -2.01. The molecule has 2 aromatic rings. The quantitative estimate of drug-likeness (QED) is 0.861. The first kappa shape index (κ1) is 15.4. The first-order valence-corrected chi connectivity index (χ1v) is 7.82. The molecule has 0 aliphatic rings. The molecule has 0 bridgehead atoms. The fourth-order valence-electron chi connectivity index (χ4n) is 2.10. The second-order valence-corrected chi connectivity index (χ2v) is 5.29. The number of carbonyl (C=O) groups excluding carboxylic acids is 1. The number of hydrogen-bond acceptors (Lipinski definition) is 4. The van der Waals surface area contributed by atoms with Gasteiger partial charge in [0, 0.05) is 11.8 Å². The molecule has 1 N–H and O–H groups in total. The molecule has 21 heavy (non-hydrogen) atoms. The monoisotopic (exact) mass is 302 g/mol. The van der Waals surface area contributed by atoms with Gasteiger partial charge in [0.25, 0.3) is 5.91 Å². The molecule has 0 fully saturated rings. The summed E-state index contributed by atoms with van der Waals surface area (Å²) in [4.78, 5) is 16.6. The number of carbonyl (C=O) groups is 1. The van der Waals surface area contributed by atoms with E-state index >= 15 is 0 Å². The Kier molecular flexibility index (Phi) is 5.22. The predicted molar refractivity (Wildman–Crippen MR) is 84.9 cm³/mol. The first-order chi connectivity index (χ1) is 10.2. The SMILES string of the molecule is COc1ccccc1C(C)NC(=O)c1cccnc1SC. The average Bonchev–Trinajstić information content (AvgIpc) is 2.54. The maximum absolute atomic E-state index is 12.4. The number of para-hydroxylation sites is 1. The van der Waals surface area contributed by atoms with Crippen LogP contribution in [0.3, 0.4) is 0 Å². The summed E-state index contributed by atoms with van der Waals surface area (Å²) in [5.41, 5.74) is 1.54. The number of hydrogen-bond donors (Lipinski definition) is 1. The van der Waals surface area contributed by atoms with Crippen molar-refractivity contribution in [2.45, 2.75) is 18.0 Å². The highest BCUT2D eigenvalue weighted by molar-refractivity contribution is 7.98. The minimum atomic E-state index is -0.149. The van der Waals surface area contributed by atoms with Crippen molar-refractivity contribution in [2.75, 3.05) is 13.4 Å². The van der Waals surface area contributed by atoms with Crippen molar-refractivity contribution in [1.82, 2.24) is 10.3 Å². The van der Waals surface area contributed by atoms with E-state index < -0.39 is 0 Å². The topological polar surface area (TPSA) is 51.2 Å². The lowest BCUT2D eigenvalue weighted by Gasteiger charge is -2.17. The van der Waals surface area contributed by atoms with Crippen molar-refractivity contribution < 1.29 is 9.53 Å². The zero-order valence-corrected chi connectivity index (χ0v) is 13.1. The normalized spacial score (nSPS) is 11.8. The Morgan fingerprint density at radius 2 is 2.05 bits per heavy atom. The molecule has 1 aromatic carbocycles. The van der Waals surface area contributed by atoms with Gasteiger partial charge in [-0.2, -0.15) is 0 Å². The molecule has 4 nitrogen and oxygen atoms in total. The van der Waals surface area contributed by atoms with Crippen LogP contribution in [0.1, 0.15) is 28.9 Å². The zero-order chi connectivity index (χ0) is 15.2. The van der Waals surface area contributed by atoms with Gasteiger partial charge in [0.1, 0.15) is 10.8 Å². The maximum Gasteiger partial charge on any atom is 0.254 e. The number of nitrogens with zero attached hydrogens (tertiary/aromatic N) is 1. The molecule has 1 unspecified atom stereocenters. The number of methoxy groups -OCH3 is 1. The lowest BCUT2D eigenvalue weighted by molar-refractivity contribution is 0.0936. The number of pyridine rings is 1. The van der Waals surface area contributed by atoms with Gasteiger partial charge in [0.15, 0.2) is 0 Å². The molecule has 0 spiro atoms. The third kappa shape index (κ3) is 3.55. The van der Waals surface area contributed by atoms with Crippen molar-refractivity contribution in [3.05, 3.63) is 53.7 Å². The van der Waals surface area contributed by atoms with Crippen molar-refractivity contribution in [1.29, 1.82) is 0 Å². The van der Waals surface area contributed by atoms with Crippen LogP contribution in [0, 0.1) is 0 Å². The smallest absolute Gasteiger partial charge is 0.254 e. The number of nitrogens with one attached hydrogen (secondary N) is 1. The first-order valence-electron chi connectivity index (χ1n) is 6.60. The Morgan fingerprint density at radius 3 is 2.76 bits per heavy atom. The molecule has 110 valence electrons. The molecule has 1 aromatic heterocycles. The van der Waals surface area contributed by atoms with Crippen molar-refractivity contribution in [3.8, 4) is 5.75 Å². The summed E-state index contributed by atoms with van der Waals surface area (Å²) in [5, 5.41) is 3.71. The number of benzene rings is 1. The van der Waals surface area contributed by atoms with Gasteiger partial charge in [-0.25, -0.2) is 4.98 Å². The fraction of sp³-hybridized carbons (Fsp3) is 0.250. The van der Waals surface area contributed by atoms with E-state index in [2.05, 4.69) is 10.3 Å². The molecule has 0 radical (unpaired) electrons. The molecule has 0 saturated carbocycles. The number of aromatic nitrogens is 1. The molecular weight excluding hydrogens is 284 g/mol.